The van der Waals surface area contributed by atoms with Crippen molar-refractivity contribution >= 4 is 32.6 Å². The molecule has 0 bridgehead atoms. The number of carboxylic acid groups (broad SMARTS) is 1. The highest BCUT2D eigenvalue weighted by molar-refractivity contribution is 7.92. The van der Waals surface area contributed by atoms with E-state index < -0.39 is 39.2 Å². The van der Waals surface area contributed by atoms with E-state index in [0.29, 0.717) is 15.2 Å². The van der Waals surface area contributed by atoms with Gasteiger partial charge in [-0.25, -0.2) is 26.7 Å². The van der Waals surface area contributed by atoms with E-state index in [4.69, 9.17) is 0 Å². The molecule has 0 aliphatic carbocycles. The number of halogens is 2. The highest BCUT2D eigenvalue weighted by Gasteiger charge is 2.33. The molecule has 0 saturated carbocycles. The molecule has 12 heteroatoms. The van der Waals surface area contributed by atoms with E-state index in [9.17, 15) is 31.9 Å². The monoisotopic (exact) mass is 514 g/mol. The molecule has 36 heavy (non-hydrogen) atoms. The molecular formula is C24H20F2N4O5S. The zero-order chi connectivity index (χ0) is 26.0. The van der Waals surface area contributed by atoms with Crippen molar-refractivity contribution in [2.75, 3.05) is 10.6 Å². The fourth-order valence-corrected chi connectivity index (χ4v) is 5.04. The lowest BCUT2D eigenvalue weighted by Crippen LogP contribution is -2.46. The molecule has 0 saturated heterocycles. The first-order chi connectivity index (χ1) is 17.1. The van der Waals surface area contributed by atoms with Gasteiger partial charge >= 0.3 is 5.97 Å². The van der Waals surface area contributed by atoms with Crippen LogP contribution in [0.3, 0.4) is 0 Å². The molecule has 0 spiro atoms. The van der Waals surface area contributed by atoms with Gasteiger partial charge in [-0.1, -0.05) is 41.6 Å². The zero-order valence-corrected chi connectivity index (χ0v) is 19.7. The molecule has 1 heterocycles. The Morgan fingerprint density at radius 1 is 1.06 bits per heavy atom. The van der Waals surface area contributed by atoms with Crippen LogP contribution in [-0.2, 0) is 21.4 Å². The molecule has 0 amide bonds. The summed E-state index contributed by atoms with van der Waals surface area (Å²) < 4.78 is 54.7. The van der Waals surface area contributed by atoms with Crippen molar-refractivity contribution in [3.05, 3.63) is 88.7 Å². The summed E-state index contributed by atoms with van der Waals surface area (Å²) in [6, 6.07) is 13.9. The van der Waals surface area contributed by atoms with Crippen LogP contribution in [0.1, 0.15) is 6.42 Å². The van der Waals surface area contributed by atoms with Crippen molar-refractivity contribution in [1.29, 1.82) is 0 Å². The molecule has 1 N–H and O–H groups in total. The van der Waals surface area contributed by atoms with Gasteiger partial charge in [0.15, 0.2) is 11.6 Å². The van der Waals surface area contributed by atoms with E-state index in [1.807, 2.05) is 0 Å². The molecule has 4 aromatic rings. The smallest absolute Gasteiger partial charge is 0.327 e. The number of fused-ring (bicyclic) bond motifs is 1. The summed E-state index contributed by atoms with van der Waals surface area (Å²) in [6.45, 7) is -0.216. The Bertz CT molecular complexity index is 1610. The SMILES string of the molecule is CS(=O)(=O)N(c1ccc(-c2cccc(F)c2F)cc1)C(CCn1nnc2ccccc2c1=O)C(=O)O. The molecule has 9 nitrogen and oxygen atoms in total. The third-order valence-corrected chi connectivity index (χ3v) is 6.73. The van der Waals surface area contributed by atoms with E-state index in [2.05, 4.69) is 10.3 Å². The highest BCUT2D eigenvalue weighted by Crippen LogP contribution is 2.29. The summed E-state index contributed by atoms with van der Waals surface area (Å²) in [5.41, 5.74) is 0.131. The Labute approximate surface area is 204 Å². The maximum atomic E-state index is 14.2. The Morgan fingerprint density at radius 2 is 1.75 bits per heavy atom. The first kappa shape index (κ1) is 24.9. The van der Waals surface area contributed by atoms with Gasteiger partial charge < -0.3 is 5.11 Å². The fraction of sp³-hybridized carbons (Fsp3) is 0.167. The third-order valence-electron chi connectivity index (χ3n) is 5.55. The molecule has 0 radical (unpaired) electrons. The zero-order valence-electron chi connectivity index (χ0n) is 18.9. The first-order valence-electron chi connectivity index (χ1n) is 10.7. The summed E-state index contributed by atoms with van der Waals surface area (Å²) in [4.78, 5) is 24.8. The number of sulfonamides is 1. The van der Waals surface area contributed by atoms with Crippen LogP contribution >= 0.6 is 0 Å². The number of hydrogen-bond acceptors (Lipinski definition) is 6. The van der Waals surface area contributed by atoms with Gasteiger partial charge in [0, 0.05) is 12.1 Å². The van der Waals surface area contributed by atoms with Crippen LogP contribution < -0.4 is 9.86 Å². The summed E-state index contributed by atoms with van der Waals surface area (Å²) in [5.74, 6) is -3.54. The van der Waals surface area contributed by atoms with Crippen molar-refractivity contribution in [1.82, 2.24) is 15.0 Å². The third kappa shape index (κ3) is 4.93. The van der Waals surface area contributed by atoms with Gasteiger partial charge in [0.2, 0.25) is 10.0 Å². The second-order valence-electron chi connectivity index (χ2n) is 7.98. The standard InChI is InChI=1S/C24H20F2N4O5S/c1-36(34,35)30(16-11-9-15(10-12-16)17-6-4-7-19(25)22(17)26)21(24(32)33)13-14-29-23(31)18-5-2-3-8-20(18)27-28-29/h2-12,21H,13-14H2,1H3,(H,32,33). The molecule has 0 aliphatic heterocycles. The summed E-state index contributed by atoms with van der Waals surface area (Å²) in [6.07, 6.45) is 0.556. The molecule has 186 valence electrons. The predicted octanol–water partition coefficient (Wildman–Crippen LogP) is 3.05. The average Bonchev–Trinajstić information content (AvgIpc) is 2.84. The summed E-state index contributed by atoms with van der Waals surface area (Å²) in [5, 5.41) is 17.9. The Balaban J connectivity index is 1.66. The van der Waals surface area contributed by atoms with Gasteiger partial charge in [-0.2, -0.15) is 0 Å². The van der Waals surface area contributed by atoms with Crippen molar-refractivity contribution in [3.8, 4) is 11.1 Å². The van der Waals surface area contributed by atoms with E-state index in [-0.39, 0.29) is 29.8 Å². The molecule has 1 unspecified atom stereocenters. The predicted molar refractivity (Wildman–Crippen MR) is 129 cm³/mol. The quantitative estimate of drug-likeness (QED) is 0.383. The normalized spacial score (nSPS) is 12.4. The Morgan fingerprint density at radius 3 is 2.42 bits per heavy atom. The second kappa shape index (κ2) is 9.82. The molecule has 0 fully saturated rings. The van der Waals surface area contributed by atoms with Crippen LogP contribution in [0.2, 0.25) is 0 Å². The molecule has 1 atom stereocenters. The van der Waals surface area contributed by atoms with Crippen molar-refractivity contribution in [2.45, 2.75) is 19.0 Å². The summed E-state index contributed by atoms with van der Waals surface area (Å²) >= 11 is 0. The number of nitrogens with zero attached hydrogens (tertiary/aromatic N) is 4. The lowest BCUT2D eigenvalue weighted by molar-refractivity contribution is -0.138. The number of aliphatic carboxylic acids is 1. The minimum absolute atomic E-state index is 0.00223. The number of anilines is 1. The number of rotatable bonds is 8. The van der Waals surface area contributed by atoms with Crippen LogP contribution in [0, 0.1) is 11.6 Å². The Kier molecular flexibility index (Phi) is 6.80. The first-order valence-corrected chi connectivity index (χ1v) is 12.5. The van der Waals surface area contributed by atoms with Gasteiger partial charge in [0.1, 0.15) is 11.6 Å². The minimum Gasteiger partial charge on any atom is -0.480 e. The number of carboxylic acids is 1. The second-order valence-corrected chi connectivity index (χ2v) is 9.84. The molecular weight excluding hydrogens is 494 g/mol. The van der Waals surface area contributed by atoms with Gasteiger partial charge in [-0.3, -0.25) is 9.10 Å². The molecule has 0 aliphatic rings. The number of hydrogen-bond donors (Lipinski definition) is 1. The number of aromatic nitrogens is 3. The van der Waals surface area contributed by atoms with Crippen molar-refractivity contribution < 1.29 is 27.1 Å². The minimum atomic E-state index is -4.11. The number of aryl methyl sites for hydroxylation is 1. The highest BCUT2D eigenvalue weighted by atomic mass is 32.2. The van der Waals surface area contributed by atoms with Gasteiger partial charge in [0.25, 0.3) is 5.56 Å². The molecule has 1 aromatic heterocycles. The largest absolute Gasteiger partial charge is 0.480 e. The van der Waals surface area contributed by atoms with Crippen LogP contribution in [0.4, 0.5) is 14.5 Å². The fourth-order valence-electron chi connectivity index (χ4n) is 3.87. The van der Waals surface area contributed by atoms with Crippen molar-refractivity contribution in [2.24, 2.45) is 0 Å². The van der Waals surface area contributed by atoms with E-state index in [1.165, 1.54) is 36.4 Å². The number of carbonyl (C=O) groups is 1. The average molecular weight is 515 g/mol. The lowest BCUT2D eigenvalue weighted by Gasteiger charge is -2.29. The Hall–Kier alpha value is -4.19. The maximum Gasteiger partial charge on any atom is 0.327 e. The maximum absolute atomic E-state index is 14.2. The topological polar surface area (TPSA) is 122 Å². The van der Waals surface area contributed by atoms with E-state index in [1.54, 1.807) is 24.3 Å². The number of benzene rings is 3. The van der Waals surface area contributed by atoms with Crippen molar-refractivity contribution in [3.63, 3.8) is 0 Å². The van der Waals surface area contributed by atoms with Gasteiger partial charge in [0.05, 0.1) is 17.3 Å². The van der Waals surface area contributed by atoms with Crippen LogP contribution in [0.25, 0.3) is 22.0 Å². The summed E-state index contributed by atoms with van der Waals surface area (Å²) in [7, 11) is -4.11. The van der Waals surface area contributed by atoms with E-state index >= 15 is 0 Å². The molecule has 4 rings (SSSR count). The van der Waals surface area contributed by atoms with Crippen LogP contribution in [-0.4, -0.2) is 46.8 Å². The van der Waals surface area contributed by atoms with Gasteiger partial charge in [-0.05, 0) is 42.3 Å². The lowest BCUT2D eigenvalue weighted by atomic mass is 10.0. The van der Waals surface area contributed by atoms with Gasteiger partial charge in [-0.15, -0.1) is 5.10 Å². The van der Waals surface area contributed by atoms with Crippen LogP contribution in [0.5, 0.6) is 0 Å². The van der Waals surface area contributed by atoms with Crippen LogP contribution in [0.15, 0.2) is 71.5 Å². The molecule has 3 aromatic carbocycles. The van der Waals surface area contributed by atoms with E-state index in [0.717, 1.165) is 17.0 Å².